The third kappa shape index (κ3) is 16.7. The molecule has 568 valence electrons. The predicted octanol–water partition coefficient (Wildman–Crippen LogP) is 15.9. The molecule has 7 fully saturated rings. The number of aliphatic hydroxyl groups excluding tert-OH is 1. The minimum absolute atomic E-state index is 0.0132. The fourth-order valence-corrected chi connectivity index (χ4v) is 19.7. The monoisotopic (exact) mass is 1580 g/mol. The molecule has 26 heteroatoms. The number of nitrogens with one attached hydrogen (secondary N) is 1. The number of likely N-dealkylation sites (tertiary alicyclic amines) is 2. The van der Waals surface area contributed by atoms with Gasteiger partial charge in [-0.1, -0.05) is 34.8 Å². The van der Waals surface area contributed by atoms with E-state index in [1.165, 1.54) is 26.7 Å². The number of aliphatic hydroxyl groups is 1. The first-order valence-electron chi connectivity index (χ1n) is 37.0. The summed E-state index contributed by atoms with van der Waals surface area (Å²) in [5.41, 5.74) is 14.3. The van der Waals surface area contributed by atoms with Crippen molar-refractivity contribution in [1.82, 2.24) is 39.9 Å². The van der Waals surface area contributed by atoms with Gasteiger partial charge in [-0.25, -0.2) is 9.59 Å². The van der Waals surface area contributed by atoms with Crippen molar-refractivity contribution in [1.29, 1.82) is 0 Å². The highest BCUT2D eigenvalue weighted by atomic mass is 35.5. The normalized spacial score (nSPS) is 21.5. The molecular formula is C82H89Cl3N8O12S3. The lowest BCUT2D eigenvalue weighted by molar-refractivity contribution is -0.141. The molecule has 6 amide bonds. The second kappa shape index (κ2) is 32.1. The average Bonchev–Trinajstić information content (AvgIpc) is 1.60. The van der Waals surface area contributed by atoms with Crippen molar-refractivity contribution in [3.05, 3.63) is 154 Å². The molecule has 2 N–H and O–H groups in total. The number of benzene rings is 3. The molecule has 2 saturated carbocycles. The zero-order valence-corrected chi connectivity index (χ0v) is 66.8. The van der Waals surface area contributed by atoms with E-state index in [1.54, 1.807) is 44.9 Å². The molecule has 0 bridgehead atoms. The highest BCUT2D eigenvalue weighted by Crippen LogP contribution is 2.47. The maximum atomic E-state index is 12.8. The number of halogens is 3. The van der Waals surface area contributed by atoms with Gasteiger partial charge in [0.2, 0.25) is 23.6 Å². The molecule has 11 heterocycles. The molecule has 7 atom stereocenters. The number of hydrogen-bond acceptors (Lipinski definition) is 19. The second-order valence-corrected chi connectivity index (χ2v) is 35.7. The lowest BCUT2D eigenvalue weighted by Gasteiger charge is -2.34. The highest BCUT2D eigenvalue weighted by molar-refractivity contribution is 7.20. The maximum absolute atomic E-state index is 12.8. The first-order chi connectivity index (χ1) is 51.6. The molecule has 5 saturated heterocycles. The van der Waals surface area contributed by atoms with E-state index in [4.69, 9.17) is 58.5 Å². The Labute approximate surface area is 655 Å². The Morgan fingerprint density at radius 1 is 0.500 bits per heavy atom. The van der Waals surface area contributed by atoms with Gasteiger partial charge in [0.15, 0.2) is 0 Å². The van der Waals surface area contributed by atoms with Crippen LogP contribution in [-0.4, -0.2) is 164 Å². The lowest BCUT2D eigenvalue weighted by atomic mass is 9.76. The molecule has 0 radical (unpaired) electrons. The van der Waals surface area contributed by atoms with Crippen LogP contribution in [0.5, 0.6) is 0 Å². The van der Waals surface area contributed by atoms with Crippen molar-refractivity contribution in [3.8, 4) is 33.4 Å². The van der Waals surface area contributed by atoms with Crippen molar-refractivity contribution in [3.63, 3.8) is 0 Å². The van der Waals surface area contributed by atoms with Gasteiger partial charge in [-0.05, 0) is 211 Å². The summed E-state index contributed by atoms with van der Waals surface area (Å²) < 4.78 is 32.4. The number of imide groups is 2. The van der Waals surface area contributed by atoms with Crippen LogP contribution >= 0.6 is 68.8 Å². The van der Waals surface area contributed by atoms with E-state index in [-0.39, 0.29) is 91.0 Å². The second-order valence-electron chi connectivity index (χ2n) is 31.0. The van der Waals surface area contributed by atoms with Gasteiger partial charge in [-0.15, -0.1) is 34.0 Å². The van der Waals surface area contributed by atoms with Crippen LogP contribution in [0, 0.1) is 44.4 Å². The van der Waals surface area contributed by atoms with Crippen LogP contribution in [0.2, 0.25) is 15.1 Å². The number of aromatic nitrogens is 3. The summed E-state index contributed by atoms with van der Waals surface area (Å²) in [4.78, 5) is 98.9. The molecule has 2 aliphatic carbocycles. The Hall–Kier alpha value is -7.52. The molecule has 6 aromatic heterocycles. The number of pyridine rings is 3. The van der Waals surface area contributed by atoms with Gasteiger partial charge in [-0.2, -0.15) is 0 Å². The lowest BCUT2D eigenvalue weighted by Crippen LogP contribution is -2.48. The van der Waals surface area contributed by atoms with Crippen LogP contribution in [0.3, 0.4) is 0 Å². The van der Waals surface area contributed by atoms with E-state index in [9.17, 15) is 33.9 Å². The number of fused-ring (bicyclic) bond motifs is 5. The first kappa shape index (κ1) is 77.2. The molecule has 16 rings (SSSR count). The Kier molecular flexibility index (Phi) is 22.9. The number of rotatable bonds is 14. The van der Waals surface area contributed by atoms with Gasteiger partial charge in [0.05, 0.1) is 125 Å². The molecule has 7 aliphatic rings. The Morgan fingerprint density at radius 3 is 1.18 bits per heavy atom. The minimum Gasteiger partial charge on any atom is -0.444 e. The van der Waals surface area contributed by atoms with Crippen molar-refractivity contribution in [2.45, 2.75) is 156 Å². The van der Waals surface area contributed by atoms with E-state index in [0.29, 0.717) is 73.8 Å². The van der Waals surface area contributed by atoms with Gasteiger partial charge in [0.25, 0.3) is 0 Å². The summed E-state index contributed by atoms with van der Waals surface area (Å²) in [7, 11) is 0. The van der Waals surface area contributed by atoms with E-state index in [1.807, 2.05) is 134 Å². The van der Waals surface area contributed by atoms with Gasteiger partial charge in [0, 0.05) is 110 Å². The number of ether oxygens (including phenoxy) is 5. The summed E-state index contributed by atoms with van der Waals surface area (Å²) >= 11 is 24.3. The van der Waals surface area contributed by atoms with E-state index in [2.05, 4.69) is 27.2 Å². The zero-order chi connectivity index (χ0) is 76.2. The van der Waals surface area contributed by atoms with Crippen LogP contribution in [0.4, 0.5) is 9.59 Å². The van der Waals surface area contributed by atoms with E-state index < -0.39 is 11.2 Å². The van der Waals surface area contributed by atoms with Crippen LogP contribution in [-0.2, 0) is 81.8 Å². The summed E-state index contributed by atoms with van der Waals surface area (Å²) in [6, 6.07) is 23.8. The minimum atomic E-state index is -0.563. The number of hydrogen-bond donors (Lipinski definition) is 2. The quantitative estimate of drug-likeness (QED) is 0.0964. The molecule has 3 aromatic carbocycles. The van der Waals surface area contributed by atoms with Gasteiger partial charge >= 0.3 is 12.2 Å². The molecule has 108 heavy (non-hydrogen) atoms. The highest BCUT2D eigenvalue weighted by Gasteiger charge is 2.54. The summed E-state index contributed by atoms with van der Waals surface area (Å²) in [5.74, 6) is -0.559. The largest absolute Gasteiger partial charge is 0.444 e. The Balaban J connectivity index is 0.000000137. The van der Waals surface area contributed by atoms with Crippen LogP contribution in [0.1, 0.15) is 115 Å². The standard InChI is InChI=1S/C31H34ClN3O5S.C26H26ClN3O3S.C25H29ClN2O4S/c1-17-11-18(32)12-25(24(17)13-19-15-34(9-10-39-19)30(38)40-31(2,3)4)21-7-8-33-26-14-20(41-27(21)26)16-35-28(36)22-5-6-23(22)29(35)37;1-14-8-15(27)9-22(21(14)10-16-12-28-6-7-33-16)18-4-5-29-23-11-17(34-24(18)23)13-30-25(31)19-2-3-20(19)26(30)32;1-15-9-16(26)10-21(19-5-6-27-22-12-18(14-29)33-23(19)22)20(15)11-17-13-28(7-8-31-17)24(30)32-25(2,3)4/h7-8,11-12,14,19,22-23H,5-6,9-10,13,15-16H2,1-4H3;4-5,8-9,11,16,19-20,28H,2-3,6-7,10,12-13H2,1H3;5-6,9-10,12,17,29H,7-8,11,13-14H2,1-4H3. The van der Waals surface area contributed by atoms with Crippen molar-refractivity contribution < 1.29 is 57.6 Å². The molecule has 9 aromatic rings. The van der Waals surface area contributed by atoms with Crippen LogP contribution in [0.15, 0.2) is 91.4 Å². The third-order valence-corrected chi connectivity index (χ3v) is 25.2. The maximum Gasteiger partial charge on any atom is 0.410 e. The van der Waals surface area contributed by atoms with Crippen molar-refractivity contribution in [2.75, 3.05) is 59.1 Å². The van der Waals surface area contributed by atoms with Crippen molar-refractivity contribution in [2.24, 2.45) is 23.7 Å². The molecule has 7 unspecified atom stereocenters. The number of carbonyl (C=O) groups excluding carboxylic acids is 6. The third-order valence-electron chi connectivity index (χ3n) is 21.1. The molecule has 5 aliphatic heterocycles. The number of thiophene rings is 3. The van der Waals surface area contributed by atoms with Gasteiger partial charge in [-0.3, -0.25) is 43.9 Å². The summed E-state index contributed by atoms with van der Waals surface area (Å²) in [5, 5.41) is 15.0. The summed E-state index contributed by atoms with van der Waals surface area (Å²) in [6.07, 6.45) is 9.82. The fraction of sp³-hybridized carbons (Fsp3) is 0.451. The Bertz CT molecular complexity index is 4940. The van der Waals surface area contributed by atoms with Crippen LogP contribution in [0.25, 0.3) is 64.0 Å². The van der Waals surface area contributed by atoms with E-state index >= 15 is 0 Å². The Morgan fingerprint density at radius 2 is 0.843 bits per heavy atom. The topological polar surface area (TPSA) is 232 Å². The average molecular weight is 1580 g/mol. The summed E-state index contributed by atoms with van der Waals surface area (Å²) in [6.45, 7) is 23.2. The first-order valence-corrected chi connectivity index (χ1v) is 40.5. The number of nitrogens with zero attached hydrogens (tertiary/aromatic N) is 7. The van der Waals surface area contributed by atoms with Crippen LogP contribution < -0.4 is 5.32 Å². The molecular weight excluding hydrogens is 1490 g/mol. The van der Waals surface area contributed by atoms with Crippen molar-refractivity contribution >= 4 is 135 Å². The zero-order valence-electron chi connectivity index (χ0n) is 62.1. The SMILES string of the molecule is Cc1cc(Cl)cc(-c2ccnc3cc(CN4C(=O)C5CCC5C4=O)sc23)c1CC1CN(C(=O)OC(C)(C)C)CCO1.Cc1cc(Cl)cc(-c2ccnc3cc(CN4C(=O)C5CCC5C4=O)sc23)c1CC1CNCCO1.Cc1cc(Cl)cc(-c2ccnc3cc(CO)sc23)c1CC1CN(C(=O)OC(C)(C)C)CCO1. The number of carbonyl (C=O) groups is 6. The van der Waals surface area contributed by atoms with Gasteiger partial charge < -0.3 is 43.9 Å². The number of amides is 6. The number of aryl methyl sites for hydroxylation is 3. The molecule has 0 spiro atoms. The van der Waals surface area contributed by atoms with Gasteiger partial charge in [0.1, 0.15) is 11.2 Å². The smallest absolute Gasteiger partial charge is 0.410 e. The molecule has 20 nitrogen and oxygen atoms in total. The predicted molar refractivity (Wildman–Crippen MR) is 423 cm³/mol. The fourth-order valence-electron chi connectivity index (χ4n) is 15.6. The van der Waals surface area contributed by atoms with E-state index in [0.717, 1.165) is 158 Å². The number of morpholine rings is 3.